The molecular formula is C13H11F2N3OS. The average Bonchev–Trinajstić information content (AvgIpc) is 2.67. The minimum Gasteiger partial charge on any atom is -0.308 e. The number of aryl methyl sites for hydroxylation is 1. The van der Waals surface area contributed by atoms with Crippen molar-refractivity contribution in [2.75, 3.05) is 11.1 Å². The first-order valence-electron chi connectivity index (χ1n) is 5.97. The molecule has 0 saturated heterocycles. The predicted octanol–water partition coefficient (Wildman–Crippen LogP) is 2.77. The highest BCUT2D eigenvalue weighted by molar-refractivity contribution is 8.00. The first-order valence-corrected chi connectivity index (χ1v) is 7.02. The molecule has 20 heavy (non-hydrogen) atoms. The lowest BCUT2D eigenvalue weighted by molar-refractivity contribution is -0.113. The highest BCUT2D eigenvalue weighted by atomic mass is 32.2. The summed E-state index contributed by atoms with van der Waals surface area (Å²) < 4.78 is 27.4. The standard InChI is InChI=1S/C13H11F2N3OS/c1-6-11-12(8-4-7(14)2-3-9(8)15)20-5-10(19)16-13(11)18-17-6/h2-4,12H,5H2,1H3,(H2,16,17,18,19). The molecule has 1 aromatic carbocycles. The lowest BCUT2D eigenvalue weighted by Gasteiger charge is -2.15. The van der Waals surface area contributed by atoms with Gasteiger partial charge in [-0.05, 0) is 25.1 Å². The summed E-state index contributed by atoms with van der Waals surface area (Å²) in [5, 5.41) is 8.96. The fourth-order valence-electron chi connectivity index (χ4n) is 2.23. The van der Waals surface area contributed by atoms with Gasteiger partial charge in [-0.25, -0.2) is 8.78 Å². The number of carbonyl (C=O) groups is 1. The number of aromatic amines is 1. The molecule has 104 valence electrons. The molecule has 0 radical (unpaired) electrons. The van der Waals surface area contributed by atoms with Crippen LogP contribution in [0.15, 0.2) is 18.2 Å². The Kier molecular flexibility index (Phi) is 3.21. The number of anilines is 1. The van der Waals surface area contributed by atoms with Gasteiger partial charge in [0.2, 0.25) is 5.91 Å². The molecule has 0 spiro atoms. The van der Waals surface area contributed by atoms with Crippen LogP contribution in [0.5, 0.6) is 0 Å². The minimum atomic E-state index is -0.506. The Morgan fingerprint density at radius 2 is 2.20 bits per heavy atom. The van der Waals surface area contributed by atoms with Crippen molar-refractivity contribution in [2.45, 2.75) is 12.2 Å². The Balaban J connectivity index is 2.15. The van der Waals surface area contributed by atoms with Crippen molar-refractivity contribution in [2.24, 2.45) is 0 Å². The van der Waals surface area contributed by atoms with Crippen molar-refractivity contribution in [3.05, 3.63) is 46.7 Å². The van der Waals surface area contributed by atoms with E-state index < -0.39 is 16.9 Å². The maximum atomic E-state index is 14.0. The summed E-state index contributed by atoms with van der Waals surface area (Å²) in [5.74, 6) is -0.664. The SMILES string of the molecule is Cc1[nH]nc2c1C(c1cc(F)ccc1F)SCC(=O)N2. The van der Waals surface area contributed by atoms with Crippen LogP contribution in [0.2, 0.25) is 0 Å². The number of aromatic nitrogens is 2. The van der Waals surface area contributed by atoms with Crippen LogP contribution in [-0.2, 0) is 4.79 Å². The third-order valence-electron chi connectivity index (χ3n) is 3.14. The van der Waals surface area contributed by atoms with Crippen molar-refractivity contribution in [1.29, 1.82) is 0 Å². The molecule has 1 amide bonds. The van der Waals surface area contributed by atoms with Crippen LogP contribution in [0.3, 0.4) is 0 Å². The number of amides is 1. The summed E-state index contributed by atoms with van der Waals surface area (Å²) in [7, 11) is 0. The molecule has 3 rings (SSSR count). The fourth-order valence-corrected chi connectivity index (χ4v) is 3.43. The van der Waals surface area contributed by atoms with Gasteiger partial charge in [0.05, 0.1) is 11.0 Å². The highest BCUT2D eigenvalue weighted by Crippen LogP contribution is 2.43. The number of nitrogens with zero attached hydrogens (tertiary/aromatic N) is 1. The van der Waals surface area contributed by atoms with Gasteiger partial charge < -0.3 is 5.32 Å². The Morgan fingerprint density at radius 3 is 3.00 bits per heavy atom. The Labute approximate surface area is 118 Å². The summed E-state index contributed by atoms with van der Waals surface area (Å²) in [6.07, 6.45) is 0. The van der Waals surface area contributed by atoms with Gasteiger partial charge in [0.15, 0.2) is 5.82 Å². The molecule has 1 unspecified atom stereocenters. The molecule has 1 atom stereocenters. The highest BCUT2D eigenvalue weighted by Gasteiger charge is 2.30. The molecule has 0 saturated carbocycles. The van der Waals surface area contributed by atoms with E-state index >= 15 is 0 Å². The van der Waals surface area contributed by atoms with Crippen LogP contribution in [0.25, 0.3) is 0 Å². The lowest BCUT2D eigenvalue weighted by atomic mass is 10.0. The number of hydrogen-bond donors (Lipinski definition) is 2. The summed E-state index contributed by atoms with van der Waals surface area (Å²) in [5.41, 5.74) is 1.63. The number of carbonyl (C=O) groups excluding carboxylic acids is 1. The van der Waals surface area contributed by atoms with E-state index in [4.69, 9.17) is 0 Å². The normalized spacial score (nSPS) is 18.4. The summed E-state index contributed by atoms with van der Waals surface area (Å²) in [6, 6.07) is 3.34. The van der Waals surface area contributed by atoms with Gasteiger partial charge >= 0.3 is 0 Å². The van der Waals surface area contributed by atoms with Crippen LogP contribution in [0.1, 0.15) is 22.1 Å². The summed E-state index contributed by atoms with van der Waals surface area (Å²) in [6.45, 7) is 1.79. The zero-order valence-corrected chi connectivity index (χ0v) is 11.4. The van der Waals surface area contributed by atoms with E-state index in [1.165, 1.54) is 17.8 Å². The van der Waals surface area contributed by atoms with E-state index in [1.54, 1.807) is 6.92 Å². The maximum Gasteiger partial charge on any atom is 0.235 e. The monoisotopic (exact) mass is 295 g/mol. The second kappa shape index (κ2) is 4.90. The quantitative estimate of drug-likeness (QED) is 0.850. The number of nitrogens with one attached hydrogen (secondary N) is 2. The number of hydrogen-bond acceptors (Lipinski definition) is 3. The second-order valence-corrected chi connectivity index (χ2v) is 5.61. The molecule has 4 nitrogen and oxygen atoms in total. The van der Waals surface area contributed by atoms with Crippen LogP contribution >= 0.6 is 11.8 Å². The van der Waals surface area contributed by atoms with E-state index in [0.29, 0.717) is 11.4 Å². The van der Waals surface area contributed by atoms with Gasteiger partial charge in [-0.3, -0.25) is 9.89 Å². The molecular weight excluding hydrogens is 284 g/mol. The zero-order valence-electron chi connectivity index (χ0n) is 10.5. The van der Waals surface area contributed by atoms with E-state index in [1.807, 2.05) is 0 Å². The molecule has 2 N–H and O–H groups in total. The topological polar surface area (TPSA) is 57.8 Å². The van der Waals surface area contributed by atoms with Crippen molar-refractivity contribution < 1.29 is 13.6 Å². The average molecular weight is 295 g/mol. The first kappa shape index (κ1) is 13.1. The van der Waals surface area contributed by atoms with Gasteiger partial charge in [-0.1, -0.05) is 0 Å². The maximum absolute atomic E-state index is 14.0. The summed E-state index contributed by atoms with van der Waals surface area (Å²) >= 11 is 1.25. The van der Waals surface area contributed by atoms with E-state index in [9.17, 15) is 13.6 Å². The van der Waals surface area contributed by atoms with Gasteiger partial charge in [-0.2, -0.15) is 5.10 Å². The van der Waals surface area contributed by atoms with Crippen molar-refractivity contribution in [1.82, 2.24) is 10.2 Å². The molecule has 1 aliphatic rings. The van der Waals surface area contributed by atoms with Crippen LogP contribution in [0.4, 0.5) is 14.6 Å². The Hall–Kier alpha value is -1.89. The van der Waals surface area contributed by atoms with Gasteiger partial charge in [0.25, 0.3) is 0 Å². The van der Waals surface area contributed by atoms with Crippen LogP contribution in [-0.4, -0.2) is 21.9 Å². The number of halogens is 2. The summed E-state index contributed by atoms with van der Waals surface area (Å²) in [4.78, 5) is 11.6. The third-order valence-corrected chi connectivity index (χ3v) is 4.39. The minimum absolute atomic E-state index is 0.163. The molecule has 0 fully saturated rings. The number of benzene rings is 1. The largest absolute Gasteiger partial charge is 0.308 e. The first-order chi connectivity index (χ1) is 9.56. The van der Waals surface area contributed by atoms with Crippen LogP contribution < -0.4 is 5.32 Å². The van der Waals surface area contributed by atoms with Crippen molar-refractivity contribution in [3.63, 3.8) is 0 Å². The predicted molar refractivity (Wildman–Crippen MR) is 72.6 cm³/mol. The molecule has 1 aliphatic heterocycles. The molecule has 0 aliphatic carbocycles. The van der Waals surface area contributed by atoms with E-state index in [-0.39, 0.29) is 17.2 Å². The molecule has 1 aromatic heterocycles. The van der Waals surface area contributed by atoms with E-state index in [0.717, 1.165) is 17.8 Å². The number of thioether (sulfide) groups is 1. The number of H-pyrrole nitrogens is 1. The van der Waals surface area contributed by atoms with E-state index in [2.05, 4.69) is 15.5 Å². The molecule has 2 aromatic rings. The van der Waals surface area contributed by atoms with Gasteiger partial charge in [0.1, 0.15) is 11.6 Å². The molecule has 0 bridgehead atoms. The Bertz CT molecular complexity index is 686. The fraction of sp³-hybridized carbons (Fsp3) is 0.231. The smallest absolute Gasteiger partial charge is 0.235 e. The second-order valence-electron chi connectivity index (χ2n) is 4.52. The third kappa shape index (κ3) is 2.18. The Morgan fingerprint density at radius 1 is 1.40 bits per heavy atom. The van der Waals surface area contributed by atoms with Crippen LogP contribution in [0, 0.1) is 18.6 Å². The number of rotatable bonds is 1. The van der Waals surface area contributed by atoms with Crippen molar-refractivity contribution in [3.8, 4) is 0 Å². The molecule has 7 heteroatoms. The van der Waals surface area contributed by atoms with Gasteiger partial charge in [-0.15, -0.1) is 11.8 Å². The van der Waals surface area contributed by atoms with Gasteiger partial charge in [0, 0.05) is 16.8 Å². The lowest BCUT2D eigenvalue weighted by Crippen LogP contribution is -2.12. The molecule has 2 heterocycles. The van der Waals surface area contributed by atoms with Crippen molar-refractivity contribution >= 4 is 23.5 Å². The zero-order chi connectivity index (χ0) is 14.3. The number of fused-ring (bicyclic) bond motifs is 1.